The summed E-state index contributed by atoms with van der Waals surface area (Å²) < 4.78 is 5.12. The Labute approximate surface area is 133 Å². The van der Waals surface area contributed by atoms with Gasteiger partial charge >= 0.3 is 0 Å². The molecule has 0 unspecified atom stereocenters. The molecule has 6 nitrogen and oxygen atoms in total. The Kier molecular flexibility index (Phi) is 4.62. The van der Waals surface area contributed by atoms with E-state index < -0.39 is 5.91 Å². The lowest BCUT2D eigenvalue weighted by atomic mass is 9.99. The van der Waals surface area contributed by atoms with Crippen LogP contribution in [0.3, 0.4) is 0 Å². The first-order valence-electron chi connectivity index (χ1n) is 6.40. The second-order valence-corrected chi connectivity index (χ2v) is 4.58. The van der Waals surface area contributed by atoms with Crippen LogP contribution in [-0.4, -0.2) is 28.9 Å². The molecule has 0 atom stereocenters. The summed E-state index contributed by atoms with van der Waals surface area (Å²) >= 11 is 0. The van der Waals surface area contributed by atoms with E-state index in [9.17, 15) is 9.59 Å². The fourth-order valence-corrected chi connectivity index (χ4v) is 2.18. The van der Waals surface area contributed by atoms with Gasteiger partial charge in [-0.1, -0.05) is 6.07 Å². The summed E-state index contributed by atoms with van der Waals surface area (Å²) in [4.78, 5) is 28.5. The molecule has 114 valence electrons. The molecule has 0 spiro atoms. The first kappa shape index (κ1) is 15.8. The van der Waals surface area contributed by atoms with Gasteiger partial charge in [0.25, 0.3) is 11.8 Å². The van der Waals surface area contributed by atoms with Crippen LogP contribution in [0.4, 0.5) is 5.69 Å². The number of benzene rings is 1. The number of hydrazine groups is 1. The summed E-state index contributed by atoms with van der Waals surface area (Å²) in [5, 5.41) is 1.02. The Hall–Kier alpha value is -2.60. The number of anilines is 1. The molecular weight excluding hydrogens is 306 g/mol. The molecule has 3 rings (SSSR count). The van der Waals surface area contributed by atoms with Crippen LogP contribution in [0, 0.1) is 0 Å². The van der Waals surface area contributed by atoms with Crippen molar-refractivity contribution in [3.63, 3.8) is 0 Å². The SMILES string of the molecule is COc1ccc2c(c1)C(=O)N(Nc1ccncc1)C(=O)C2.Cl. The van der Waals surface area contributed by atoms with Gasteiger partial charge < -0.3 is 4.74 Å². The summed E-state index contributed by atoms with van der Waals surface area (Å²) in [5.74, 6) is -0.105. The number of pyridine rings is 1. The smallest absolute Gasteiger partial charge is 0.279 e. The van der Waals surface area contributed by atoms with Crippen LogP contribution in [0.5, 0.6) is 5.75 Å². The number of aromatic nitrogens is 1. The topological polar surface area (TPSA) is 71.5 Å². The third-order valence-corrected chi connectivity index (χ3v) is 3.26. The molecule has 0 bridgehead atoms. The molecule has 1 aromatic carbocycles. The molecule has 1 aliphatic heterocycles. The highest BCUT2D eigenvalue weighted by atomic mass is 35.5. The van der Waals surface area contributed by atoms with E-state index in [1.54, 1.807) is 42.7 Å². The van der Waals surface area contributed by atoms with Crippen molar-refractivity contribution in [3.05, 3.63) is 53.9 Å². The predicted molar refractivity (Wildman–Crippen MR) is 83.0 cm³/mol. The van der Waals surface area contributed by atoms with Gasteiger partial charge in [-0.15, -0.1) is 12.4 Å². The predicted octanol–water partition coefficient (Wildman–Crippen LogP) is 2.06. The number of carbonyl (C=O) groups is 2. The first-order valence-corrected chi connectivity index (χ1v) is 6.40. The lowest BCUT2D eigenvalue weighted by Gasteiger charge is -2.27. The van der Waals surface area contributed by atoms with Crippen molar-refractivity contribution >= 4 is 29.9 Å². The molecule has 0 radical (unpaired) electrons. The number of hydrogen-bond donors (Lipinski definition) is 1. The molecule has 0 saturated carbocycles. The van der Waals surface area contributed by atoms with Crippen LogP contribution < -0.4 is 10.2 Å². The van der Waals surface area contributed by atoms with Gasteiger partial charge in [-0.3, -0.25) is 20.0 Å². The minimum absolute atomic E-state index is 0. The van der Waals surface area contributed by atoms with Crippen molar-refractivity contribution < 1.29 is 14.3 Å². The summed E-state index contributed by atoms with van der Waals surface area (Å²) in [6, 6.07) is 8.49. The zero-order valence-corrected chi connectivity index (χ0v) is 12.6. The number of carbonyl (C=O) groups excluding carboxylic acids is 2. The van der Waals surface area contributed by atoms with Crippen LogP contribution >= 0.6 is 12.4 Å². The van der Waals surface area contributed by atoms with E-state index in [0.717, 1.165) is 5.01 Å². The zero-order chi connectivity index (χ0) is 14.8. The average molecular weight is 320 g/mol. The van der Waals surface area contributed by atoms with Crippen molar-refractivity contribution in [1.82, 2.24) is 9.99 Å². The molecule has 0 aliphatic carbocycles. The number of amides is 2. The van der Waals surface area contributed by atoms with E-state index in [-0.39, 0.29) is 24.7 Å². The number of hydrogen-bond acceptors (Lipinski definition) is 5. The van der Waals surface area contributed by atoms with Crippen molar-refractivity contribution in [3.8, 4) is 5.75 Å². The number of fused-ring (bicyclic) bond motifs is 1. The van der Waals surface area contributed by atoms with Gasteiger partial charge in [0.05, 0.1) is 19.2 Å². The lowest BCUT2D eigenvalue weighted by Crippen LogP contribution is -2.45. The Morgan fingerprint density at radius 2 is 1.91 bits per heavy atom. The van der Waals surface area contributed by atoms with Gasteiger partial charge in [0, 0.05) is 18.0 Å². The van der Waals surface area contributed by atoms with Crippen molar-refractivity contribution in [2.24, 2.45) is 0 Å². The number of halogens is 1. The van der Waals surface area contributed by atoms with Crippen molar-refractivity contribution in [2.45, 2.75) is 6.42 Å². The molecule has 2 aromatic rings. The number of imide groups is 1. The monoisotopic (exact) mass is 319 g/mol. The highest BCUT2D eigenvalue weighted by Crippen LogP contribution is 2.24. The quantitative estimate of drug-likeness (QED) is 0.877. The van der Waals surface area contributed by atoms with E-state index in [1.807, 2.05) is 0 Å². The fraction of sp³-hybridized carbons (Fsp3) is 0.133. The Balaban J connectivity index is 0.00000176. The maximum absolute atomic E-state index is 12.5. The second-order valence-electron chi connectivity index (χ2n) is 4.58. The average Bonchev–Trinajstić information content (AvgIpc) is 2.52. The summed E-state index contributed by atoms with van der Waals surface area (Å²) in [7, 11) is 1.53. The standard InChI is InChI=1S/C15H13N3O3.ClH/c1-21-12-3-2-10-8-14(19)18(15(20)13(10)9-12)17-11-4-6-16-7-5-11;/h2-7,9H,8H2,1H3,(H,16,17);1H. The van der Waals surface area contributed by atoms with Gasteiger partial charge in [-0.25, -0.2) is 0 Å². The lowest BCUT2D eigenvalue weighted by molar-refractivity contribution is -0.127. The maximum atomic E-state index is 12.5. The zero-order valence-electron chi connectivity index (χ0n) is 11.8. The number of rotatable bonds is 3. The van der Waals surface area contributed by atoms with Crippen LogP contribution in [0.2, 0.25) is 0 Å². The summed E-state index contributed by atoms with van der Waals surface area (Å²) in [5.41, 5.74) is 4.61. The molecule has 1 N–H and O–H groups in total. The van der Waals surface area contributed by atoms with E-state index in [0.29, 0.717) is 22.6 Å². The summed E-state index contributed by atoms with van der Waals surface area (Å²) in [6.45, 7) is 0. The van der Waals surface area contributed by atoms with E-state index >= 15 is 0 Å². The normalized spacial score (nSPS) is 13.2. The van der Waals surface area contributed by atoms with Gasteiger partial charge in [-0.2, -0.15) is 5.01 Å². The third-order valence-electron chi connectivity index (χ3n) is 3.26. The van der Waals surface area contributed by atoms with Crippen LogP contribution in [0.25, 0.3) is 0 Å². The van der Waals surface area contributed by atoms with Crippen LogP contribution in [-0.2, 0) is 11.2 Å². The summed E-state index contributed by atoms with van der Waals surface area (Å²) in [6.07, 6.45) is 3.33. The Morgan fingerprint density at radius 3 is 2.59 bits per heavy atom. The number of nitrogens with zero attached hydrogens (tertiary/aromatic N) is 2. The van der Waals surface area contributed by atoms with Gasteiger partial charge in [0.15, 0.2) is 0 Å². The molecule has 0 fully saturated rings. The van der Waals surface area contributed by atoms with Gasteiger partial charge in [0.1, 0.15) is 5.75 Å². The number of ether oxygens (including phenoxy) is 1. The molecular formula is C15H14ClN3O3. The molecule has 22 heavy (non-hydrogen) atoms. The molecule has 2 amide bonds. The Bertz CT molecular complexity index is 706. The van der Waals surface area contributed by atoms with Crippen molar-refractivity contribution in [1.29, 1.82) is 0 Å². The molecule has 7 heteroatoms. The molecule has 1 aromatic heterocycles. The maximum Gasteiger partial charge on any atom is 0.279 e. The highest BCUT2D eigenvalue weighted by molar-refractivity contribution is 6.10. The minimum Gasteiger partial charge on any atom is -0.497 e. The van der Waals surface area contributed by atoms with E-state index in [2.05, 4.69) is 10.4 Å². The highest BCUT2D eigenvalue weighted by Gasteiger charge is 2.31. The number of methoxy groups -OCH3 is 1. The number of nitrogens with one attached hydrogen (secondary N) is 1. The molecule has 1 aliphatic rings. The van der Waals surface area contributed by atoms with Crippen molar-refractivity contribution in [2.75, 3.05) is 12.5 Å². The largest absolute Gasteiger partial charge is 0.497 e. The third kappa shape index (κ3) is 2.87. The molecule has 2 heterocycles. The van der Waals surface area contributed by atoms with Gasteiger partial charge in [-0.05, 0) is 29.8 Å². The minimum atomic E-state index is -0.392. The van der Waals surface area contributed by atoms with Crippen LogP contribution in [0.1, 0.15) is 15.9 Å². The van der Waals surface area contributed by atoms with E-state index in [4.69, 9.17) is 4.74 Å². The van der Waals surface area contributed by atoms with E-state index in [1.165, 1.54) is 7.11 Å². The molecule has 0 saturated heterocycles. The van der Waals surface area contributed by atoms with Crippen LogP contribution in [0.15, 0.2) is 42.7 Å². The fourth-order valence-electron chi connectivity index (χ4n) is 2.18. The first-order chi connectivity index (χ1) is 10.2. The Morgan fingerprint density at radius 1 is 1.18 bits per heavy atom. The second kappa shape index (κ2) is 6.44. The van der Waals surface area contributed by atoms with Gasteiger partial charge in [0.2, 0.25) is 0 Å².